The molecule has 0 bridgehead atoms. The van der Waals surface area contributed by atoms with E-state index in [1.807, 2.05) is 13.0 Å². The zero-order valence-corrected chi connectivity index (χ0v) is 10.8. The Balaban J connectivity index is 1.83. The van der Waals surface area contributed by atoms with Gasteiger partial charge in [-0.2, -0.15) is 0 Å². The third kappa shape index (κ3) is 2.41. The monoisotopic (exact) mass is 248 g/mol. The Morgan fingerprint density at radius 3 is 2.94 bits per heavy atom. The van der Waals surface area contributed by atoms with Crippen LogP contribution in [0.2, 0.25) is 0 Å². The fourth-order valence-corrected chi connectivity index (χ4v) is 2.54. The Hall–Kier alpha value is -1.36. The first kappa shape index (κ1) is 11.7. The van der Waals surface area contributed by atoms with Gasteiger partial charge in [0.1, 0.15) is 17.5 Å². The van der Waals surface area contributed by atoms with Crippen molar-refractivity contribution in [3.63, 3.8) is 0 Å². The highest BCUT2D eigenvalue weighted by atomic mass is 16.3. The number of nitrogens with one attached hydrogen (secondary N) is 1. The van der Waals surface area contributed by atoms with Crippen molar-refractivity contribution in [1.29, 1.82) is 0 Å². The average Bonchev–Trinajstić information content (AvgIpc) is 3.03. The van der Waals surface area contributed by atoms with E-state index in [9.17, 15) is 5.11 Å². The van der Waals surface area contributed by atoms with Gasteiger partial charge in [0.25, 0.3) is 0 Å². The first-order valence-corrected chi connectivity index (χ1v) is 6.76. The molecule has 1 aromatic heterocycles. The predicted molar refractivity (Wildman–Crippen MR) is 70.9 cm³/mol. The normalized spacial score (nSPS) is 23.4. The number of anilines is 2. The van der Waals surface area contributed by atoms with E-state index in [2.05, 4.69) is 20.2 Å². The molecule has 1 aliphatic heterocycles. The third-order valence-electron chi connectivity index (χ3n) is 3.64. The lowest BCUT2D eigenvalue weighted by molar-refractivity contribution is 0.266. The largest absolute Gasteiger partial charge is 0.394 e. The van der Waals surface area contributed by atoms with Crippen LogP contribution in [-0.4, -0.2) is 40.3 Å². The molecular weight excluding hydrogens is 228 g/mol. The first-order valence-electron chi connectivity index (χ1n) is 6.76. The Morgan fingerprint density at radius 2 is 2.22 bits per heavy atom. The van der Waals surface area contributed by atoms with Gasteiger partial charge in [0.15, 0.2) is 0 Å². The number of aliphatic hydroxyl groups excluding tert-OH is 1. The Morgan fingerprint density at radius 1 is 1.39 bits per heavy atom. The van der Waals surface area contributed by atoms with Crippen LogP contribution in [-0.2, 0) is 0 Å². The SMILES string of the molecule is Cc1nc(NC2CC2)cc(N2CCCC2CO)n1. The molecule has 5 nitrogen and oxygen atoms in total. The molecule has 1 aliphatic carbocycles. The van der Waals surface area contributed by atoms with Gasteiger partial charge < -0.3 is 15.3 Å². The molecule has 18 heavy (non-hydrogen) atoms. The number of rotatable bonds is 4. The summed E-state index contributed by atoms with van der Waals surface area (Å²) in [6.45, 7) is 3.10. The Bertz CT molecular complexity index is 433. The minimum Gasteiger partial charge on any atom is -0.394 e. The molecule has 1 atom stereocenters. The van der Waals surface area contributed by atoms with Gasteiger partial charge in [0.2, 0.25) is 0 Å². The molecule has 0 radical (unpaired) electrons. The van der Waals surface area contributed by atoms with Crippen molar-refractivity contribution in [3.8, 4) is 0 Å². The van der Waals surface area contributed by atoms with E-state index < -0.39 is 0 Å². The van der Waals surface area contributed by atoms with Gasteiger partial charge in [0.05, 0.1) is 12.6 Å². The van der Waals surface area contributed by atoms with E-state index in [1.165, 1.54) is 12.8 Å². The topological polar surface area (TPSA) is 61.3 Å². The van der Waals surface area contributed by atoms with Crippen LogP contribution in [0, 0.1) is 6.92 Å². The zero-order chi connectivity index (χ0) is 12.5. The summed E-state index contributed by atoms with van der Waals surface area (Å²) in [4.78, 5) is 11.1. The van der Waals surface area contributed by atoms with Crippen molar-refractivity contribution in [2.24, 2.45) is 0 Å². The van der Waals surface area contributed by atoms with Gasteiger partial charge >= 0.3 is 0 Å². The highest BCUT2D eigenvalue weighted by Gasteiger charge is 2.26. The highest BCUT2D eigenvalue weighted by molar-refractivity contribution is 5.51. The summed E-state index contributed by atoms with van der Waals surface area (Å²) in [5.74, 6) is 2.66. The van der Waals surface area contributed by atoms with Crippen LogP contribution >= 0.6 is 0 Å². The average molecular weight is 248 g/mol. The van der Waals surface area contributed by atoms with Gasteiger partial charge in [0, 0.05) is 18.7 Å². The molecule has 3 rings (SSSR count). The first-order chi connectivity index (χ1) is 8.76. The number of hydrogen-bond acceptors (Lipinski definition) is 5. The van der Waals surface area contributed by atoms with E-state index in [1.54, 1.807) is 0 Å². The van der Waals surface area contributed by atoms with Crippen molar-refractivity contribution in [1.82, 2.24) is 9.97 Å². The molecule has 0 amide bonds. The predicted octanol–water partition coefficient (Wildman–Crippen LogP) is 1.32. The van der Waals surface area contributed by atoms with Crippen LogP contribution in [0.4, 0.5) is 11.6 Å². The van der Waals surface area contributed by atoms with E-state index in [0.717, 1.165) is 36.8 Å². The molecule has 98 valence electrons. The molecule has 0 aromatic carbocycles. The van der Waals surface area contributed by atoms with Gasteiger partial charge in [-0.1, -0.05) is 0 Å². The van der Waals surface area contributed by atoms with Crippen LogP contribution in [0.5, 0.6) is 0 Å². The Labute approximate surface area is 107 Å². The number of aryl methyl sites for hydroxylation is 1. The fourth-order valence-electron chi connectivity index (χ4n) is 2.54. The molecule has 1 saturated heterocycles. The van der Waals surface area contributed by atoms with Crippen LogP contribution in [0.15, 0.2) is 6.07 Å². The minimum atomic E-state index is 0.203. The quantitative estimate of drug-likeness (QED) is 0.841. The molecular formula is C13H20N4O. The van der Waals surface area contributed by atoms with Crippen LogP contribution in [0.3, 0.4) is 0 Å². The molecule has 2 fully saturated rings. The van der Waals surface area contributed by atoms with Crippen molar-refractivity contribution in [2.45, 2.75) is 44.7 Å². The van der Waals surface area contributed by atoms with Crippen molar-refractivity contribution in [2.75, 3.05) is 23.4 Å². The maximum Gasteiger partial charge on any atom is 0.134 e. The molecule has 1 saturated carbocycles. The minimum absolute atomic E-state index is 0.203. The molecule has 2 aliphatic rings. The summed E-state index contributed by atoms with van der Waals surface area (Å²) in [7, 11) is 0. The van der Waals surface area contributed by atoms with Gasteiger partial charge in [-0.15, -0.1) is 0 Å². The molecule has 2 heterocycles. The maximum absolute atomic E-state index is 9.39. The summed E-state index contributed by atoms with van der Waals surface area (Å²) in [5, 5.41) is 12.8. The molecule has 1 unspecified atom stereocenters. The van der Waals surface area contributed by atoms with E-state index >= 15 is 0 Å². The lowest BCUT2D eigenvalue weighted by atomic mass is 10.2. The number of aromatic nitrogens is 2. The zero-order valence-electron chi connectivity index (χ0n) is 10.8. The standard InChI is InChI=1S/C13H20N4O/c1-9-14-12(16-10-4-5-10)7-13(15-9)17-6-2-3-11(17)8-18/h7,10-11,18H,2-6,8H2,1H3,(H,14,15,16). The van der Waals surface area contributed by atoms with Gasteiger partial charge in [-0.05, 0) is 32.6 Å². The van der Waals surface area contributed by atoms with Crippen LogP contribution in [0.1, 0.15) is 31.5 Å². The molecule has 0 spiro atoms. The van der Waals surface area contributed by atoms with Crippen molar-refractivity contribution < 1.29 is 5.11 Å². The van der Waals surface area contributed by atoms with Crippen molar-refractivity contribution in [3.05, 3.63) is 11.9 Å². The second-order valence-corrected chi connectivity index (χ2v) is 5.25. The second-order valence-electron chi connectivity index (χ2n) is 5.25. The van der Waals surface area contributed by atoms with Gasteiger partial charge in [-0.3, -0.25) is 0 Å². The number of hydrogen-bond donors (Lipinski definition) is 2. The second kappa shape index (κ2) is 4.72. The van der Waals surface area contributed by atoms with Crippen molar-refractivity contribution >= 4 is 11.6 Å². The summed E-state index contributed by atoms with van der Waals surface area (Å²) >= 11 is 0. The van der Waals surface area contributed by atoms with Crippen LogP contribution < -0.4 is 10.2 Å². The third-order valence-corrected chi connectivity index (χ3v) is 3.64. The lowest BCUT2D eigenvalue weighted by Gasteiger charge is -2.24. The summed E-state index contributed by atoms with van der Waals surface area (Å²) < 4.78 is 0. The molecule has 1 aromatic rings. The molecule has 5 heteroatoms. The lowest BCUT2D eigenvalue weighted by Crippen LogP contribution is -2.33. The van der Waals surface area contributed by atoms with E-state index in [-0.39, 0.29) is 12.6 Å². The smallest absolute Gasteiger partial charge is 0.134 e. The maximum atomic E-state index is 9.39. The fraction of sp³-hybridized carbons (Fsp3) is 0.692. The Kier molecular flexibility index (Phi) is 3.07. The van der Waals surface area contributed by atoms with E-state index in [0.29, 0.717) is 6.04 Å². The number of aliphatic hydroxyl groups is 1. The molecule has 2 N–H and O–H groups in total. The summed E-state index contributed by atoms with van der Waals surface area (Å²) in [5.41, 5.74) is 0. The van der Waals surface area contributed by atoms with Crippen LogP contribution in [0.25, 0.3) is 0 Å². The summed E-state index contributed by atoms with van der Waals surface area (Å²) in [6.07, 6.45) is 4.65. The van der Waals surface area contributed by atoms with E-state index in [4.69, 9.17) is 0 Å². The van der Waals surface area contributed by atoms with Gasteiger partial charge in [-0.25, -0.2) is 9.97 Å². The number of nitrogens with zero attached hydrogens (tertiary/aromatic N) is 3. The summed E-state index contributed by atoms with van der Waals surface area (Å²) in [6, 6.07) is 2.83. The highest BCUT2D eigenvalue weighted by Crippen LogP contribution is 2.28.